The SMILES string of the molecule is C#C[C@@]1(COP(=O)(OC(C)C)OC(C)C)C=C[C@H](n2cc(C)c(=O)[nH]c2=O)O1. The Kier molecular flexibility index (Phi) is 6.86. The van der Waals surface area contributed by atoms with Crippen LogP contribution in [0.15, 0.2) is 27.9 Å². The van der Waals surface area contributed by atoms with Crippen molar-refractivity contribution >= 4 is 7.82 Å². The van der Waals surface area contributed by atoms with Gasteiger partial charge >= 0.3 is 13.5 Å². The highest BCUT2D eigenvalue weighted by molar-refractivity contribution is 7.48. The van der Waals surface area contributed by atoms with Gasteiger partial charge in [0.1, 0.15) is 6.61 Å². The number of phosphoric acid groups is 1. The van der Waals surface area contributed by atoms with Gasteiger partial charge in [-0.1, -0.05) is 5.92 Å². The van der Waals surface area contributed by atoms with E-state index >= 15 is 0 Å². The minimum Gasteiger partial charge on any atom is -0.329 e. The van der Waals surface area contributed by atoms with Crippen LogP contribution >= 0.6 is 7.82 Å². The van der Waals surface area contributed by atoms with Crippen LogP contribution in [0.1, 0.15) is 39.5 Å². The zero-order valence-electron chi connectivity index (χ0n) is 16.5. The van der Waals surface area contributed by atoms with E-state index in [0.717, 1.165) is 0 Å². The van der Waals surface area contributed by atoms with Crippen LogP contribution in [0.5, 0.6) is 0 Å². The summed E-state index contributed by atoms with van der Waals surface area (Å²) in [4.78, 5) is 25.8. The molecule has 0 saturated heterocycles. The number of nitrogens with one attached hydrogen (secondary N) is 1. The molecule has 0 saturated carbocycles. The van der Waals surface area contributed by atoms with Crippen molar-refractivity contribution in [2.24, 2.45) is 0 Å². The van der Waals surface area contributed by atoms with Crippen LogP contribution in [0.3, 0.4) is 0 Å². The van der Waals surface area contributed by atoms with Crippen molar-refractivity contribution in [3.8, 4) is 12.3 Å². The molecule has 0 bridgehead atoms. The molecule has 0 aliphatic carbocycles. The third kappa shape index (κ3) is 5.31. The maximum atomic E-state index is 12.8. The second-order valence-corrected chi connectivity index (χ2v) is 8.48. The number of aryl methyl sites for hydroxylation is 1. The molecule has 9 nitrogen and oxygen atoms in total. The van der Waals surface area contributed by atoms with Crippen LogP contribution in [0, 0.1) is 19.3 Å². The highest BCUT2D eigenvalue weighted by Crippen LogP contribution is 2.52. The molecule has 1 aliphatic heterocycles. The van der Waals surface area contributed by atoms with E-state index in [-0.39, 0.29) is 6.61 Å². The summed E-state index contributed by atoms with van der Waals surface area (Å²) in [7, 11) is -3.88. The monoisotopic (exact) mass is 412 g/mol. The number of rotatable bonds is 8. The van der Waals surface area contributed by atoms with E-state index in [0.29, 0.717) is 5.56 Å². The van der Waals surface area contributed by atoms with E-state index < -0.39 is 43.1 Å². The van der Waals surface area contributed by atoms with Gasteiger partial charge in [0.15, 0.2) is 11.8 Å². The largest absolute Gasteiger partial charge is 0.475 e. The Morgan fingerprint density at radius 2 is 1.93 bits per heavy atom. The normalized spacial score (nSPS) is 22.1. The third-order valence-electron chi connectivity index (χ3n) is 3.64. The summed E-state index contributed by atoms with van der Waals surface area (Å²) in [6, 6.07) is 0. The van der Waals surface area contributed by atoms with Crippen molar-refractivity contribution in [2.45, 2.75) is 58.7 Å². The molecule has 10 heteroatoms. The van der Waals surface area contributed by atoms with E-state index in [9.17, 15) is 14.2 Å². The second-order valence-electron chi connectivity index (χ2n) is 6.91. The van der Waals surface area contributed by atoms with Gasteiger partial charge in [-0.25, -0.2) is 9.36 Å². The number of H-pyrrole nitrogens is 1. The van der Waals surface area contributed by atoms with Crippen LogP contribution in [0.4, 0.5) is 0 Å². The predicted molar refractivity (Wildman–Crippen MR) is 103 cm³/mol. The van der Waals surface area contributed by atoms with E-state index in [1.807, 2.05) is 0 Å². The first-order valence-corrected chi connectivity index (χ1v) is 10.2. The lowest BCUT2D eigenvalue weighted by Gasteiger charge is -2.27. The van der Waals surface area contributed by atoms with Crippen LogP contribution in [0.25, 0.3) is 0 Å². The van der Waals surface area contributed by atoms with Crippen molar-refractivity contribution in [3.05, 3.63) is 44.8 Å². The van der Waals surface area contributed by atoms with Crippen molar-refractivity contribution in [3.63, 3.8) is 0 Å². The molecule has 0 spiro atoms. The number of hydrogen-bond donors (Lipinski definition) is 1. The summed E-state index contributed by atoms with van der Waals surface area (Å²) < 4.78 is 35.9. The van der Waals surface area contributed by atoms with Crippen molar-refractivity contribution in [1.29, 1.82) is 0 Å². The average Bonchev–Trinajstić information content (AvgIpc) is 3.00. The van der Waals surface area contributed by atoms with Crippen LogP contribution in [-0.4, -0.2) is 34.0 Å². The number of hydrogen-bond acceptors (Lipinski definition) is 7. The molecular weight excluding hydrogens is 387 g/mol. The Morgan fingerprint density at radius 1 is 1.32 bits per heavy atom. The quantitative estimate of drug-likeness (QED) is 0.396. The molecule has 2 heterocycles. The summed E-state index contributed by atoms with van der Waals surface area (Å²) in [6.07, 6.45) is 8.40. The lowest BCUT2D eigenvalue weighted by molar-refractivity contribution is -0.0549. The Labute approximate surface area is 163 Å². The van der Waals surface area contributed by atoms with E-state index in [2.05, 4.69) is 10.9 Å². The molecule has 0 aromatic carbocycles. The van der Waals surface area contributed by atoms with Gasteiger partial charge in [0.25, 0.3) is 5.56 Å². The summed E-state index contributed by atoms with van der Waals surface area (Å²) in [5.74, 6) is 2.45. The third-order valence-corrected chi connectivity index (χ3v) is 5.45. The van der Waals surface area contributed by atoms with Gasteiger partial charge in [0.05, 0.1) is 12.2 Å². The summed E-state index contributed by atoms with van der Waals surface area (Å²) >= 11 is 0. The maximum absolute atomic E-state index is 12.8. The Balaban J connectivity index is 2.19. The van der Waals surface area contributed by atoms with E-state index in [1.165, 1.54) is 16.8 Å². The average molecular weight is 412 g/mol. The van der Waals surface area contributed by atoms with E-state index in [1.54, 1.807) is 40.7 Å². The first-order valence-electron chi connectivity index (χ1n) is 8.77. The molecule has 1 N–H and O–H groups in total. The maximum Gasteiger partial charge on any atom is 0.475 e. The summed E-state index contributed by atoms with van der Waals surface area (Å²) in [6.45, 7) is 8.04. The molecule has 1 aromatic rings. The fourth-order valence-corrected chi connectivity index (χ4v) is 3.99. The molecule has 154 valence electrons. The lowest BCUT2D eigenvalue weighted by Crippen LogP contribution is -2.37. The van der Waals surface area contributed by atoms with Gasteiger partial charge in [-0.2, -0.15) is 0 Å². The van der Waals surface area contributed by atoms with Gasteiger partial charge in [0.2, 0.25) is 0 Å². The molecule has 1 aromatic heterocycles. The fraction of sp³-hybridized carbons (Fsp3) is 0.556. The highest BCUT2D eigenvalue weighted by atomic mass is 31.2. The van der Waals surface area contributed by atoms with Crippen LogP contribution in [0.2, 0.25) is 0 Å². The lowest BCUT2D eigenvalue weighted by atomic mass is 10.1. The number of aromatic nitrogens is 2. The zero-order valence-corrected chi connectivity index (χ0v) is 17.4. The van der Waals surface area contributed by atoms with Crippen LogP contribution in [-0.2, 0) is 22.9 Å². The number of terminal acetylenes is 1. The second kappa shape index (κ2) is 8.60. The Bertz CT molecular complexity index is 926. The molecule has 0 radical (unpaired) electrons. The molecular formula is C18H25N2O7P. The molecule has 28 heavy (non-hydrogen) atoms. The smallest absolute Gasteiger partial charge is 0.329 e. The molecule has 2 rings (SSSR count). The Hall–Kier alpha value is -1.95. The van der Waals surface area contributed by atoms with Crippen LogP contribution < -0.4 is 11.2 Å². The fourth-order valence-electron chi connectivity index (χ4n) is 2.44. The molecule has 0 amide bonds. The summed E-state index contributed by atoms with van der Waals surface area (Å²) in [5, 5.41) is 0. The number of aromatic amines is 1. The zero-order chi connectivity index (χ0) is 21.1. The molecule has 0 unspecified atom stereocenters. The van der Waals surface area contributed by atoms with Gasteiger partial charge < -0.3 is 4.74 Å². The predicted octanol–water partition coefficient (Wildman–Crippen LogP) is 2.28. The highest BCUT2D eigenvalue weighted by Gasteiger charge is 2.40. The first kappa shape index (κ1) is 22.3. The van der Waals surface area contributed by atoms with Crippen molar-refractivity contribution in [1.82, 2.24) is 9.55 Å². The van der Waals surface area contributed by atoms with E-state index in [4.69, 9.17) is 24.7 Å². The van der Waals surface area contributed by atoms with Crippen molar-refractivity contribution < 1.29 is 22.9 Å². The van der Waals surface area contributed by atoms with Crippen molar-refractivity contribution in [2.75, 3.05) is 6.61 Å². The molecule has 0 fully saturated rings. The molecule has 2 atom stereocenters. The van der Waals surface area contributed by atoms with Gasteiger partial charge in [0, 0.05) is 11.8 Å². The Morgan fingerprint density at radius 3 is 2.46 bits per heavy atom. The summed E-state index contributed by atoms with van der Waals surface area (Å²) in [5.41, 5.74) is -2.17. The number of nitrogens with zero attached hydrogens (tertiary/aromatic N) is 1. The standard InChI is InChI=1S/C18H25N2O7P/c1-7-18(11-24-28(23,26-12(2)3)27-13(4)5)9-8-15(25-18)20-10-14(6)16(21)19-17(20)22/h1,8-10,12-13,15H,11H2,2-6H3,(H,19,21,22)/t15-,18+/m1/s1. The van der Waals surface area contributed by atoms with Gasteiger partial charge in [-0.15, -0.1) is 6.42 Å². The number of ether oxygens (including phenoxy) is 1. The minimum atomic E-state index is -3.88. The molecule has 1 aliphatic rings. The topological polar surface area (TPSA) is 109 Å². The first-order chi connectivity index (χ1) is 13.0. The minimum absolute atomic E-state index is 0.315. The van der Waals surface area contributed by atoms with Gasteiger partial charge in [-0.3, -0.25) is 27.9 Å². The number of phosphoric ester groups is 1. The van der Waals surface area contributed by atoms with Gasteiger partial charge in [-0.05, 0) is 46.8 Å².